The Balaban J connectivity index is 1.32. The van der Waals surface area contributed by atoms with Crippen molar-refractivity contribution in [3.63, 3.8) is 0 Å². The van der Waals surface area contributed by atoms with E-state index in [-0.39, 0.29) is 24.9 Å². The molecule has 33 heavy (non-hydrogen) atoms. The van der Waals surface area contributed by atoms with Gasteiger partial charge < -0.3 is 30.9 Å². The Bertz CT molecular complexity index is 1010. The summed E-state index contributed by atoms with van der Waals surface area (Å²) < 4.78 is 44.0. The summed E-state index contributed by atoms with van der Waals surface area (Å²) in [5.41, 5.74) is 1.57. The third kappa shape index (κ3) is 5.41. The zero-order valence-electron chi connectivity index (χ0n) is 17.5. The lowest BCUT2D eigenvalue weighted by Crippen LogP contribution is -2.58. The van der Waals surface area contributed by atoms with Crippen LogP contribution in [0.1, 0.15) is 27.2 Å². The number of ether oxygens (including phenoxy) is 1. The van der Waals surface area contributed by atoms with Crippen LogP contribution >= 0.6 is 0 Å². The second kappa shape index (κ2) is 9.59. The van der Waals surface area contributed by atoms with Crippen LogP contribution in [0.25, 0.3) is 0 Å². The molecule has 0 aliphatic carbocycles. The molecule has 2 aliphatic heterocycles. The third-order valence-corrected chi connectivity index (χ3v) is 5.71. The number of hydrogen-bond acceptors (Lipinski definition) is 8. The molecule has 3 heterocycles. The number of nitrogens with zero attached hydrogens (tertiary/aromatic N) is 2. The average Bonchev–Trinajstić information content (AvgIpc) is 2.80. The Kier molecular flexibility index (Phi) is 6.79. The summed E-state index contributed by atoms with van der Waals surface area (Å²) in [6, 6.07) is 4.55. The minimum atomic E-state index is -4.66. The molecule has 0 unspecified atom stereocenters. The molecule has 5 N–H and O–H groups in total. The predicted octanol–water partition coefficient (Wildman–Crippen LogP) is 0.472. The predicted molar refractivity (Wildman–Crippen MR) is 110 cm³/mol. The molecule has 1 aromatic heterocycles. The first-order valence-corrected chi connectivity index (χ1v) is 10.5. The Morgan fingerprint density at radius 2 is 2.03 bits per heavy atom. The number of nitrogens with one attached hydrogen (secondary N) is 3. The van der Waals surface area contributed by atoms with Gasteiger partial charge >= 0.3 is 6.18 Å². The maximum absolute atomic E-state index is 12.8. The number of aliphatic hydroxyl groups is 2. The van der Waals surface area contributed by atoms with Crippen LogP contribution in [0.2, 0.25) is 0 Å². The molecule has 2 aromatic rings. The largest absolute Gasteiger partial charge is 0.434 e. The van der Waals surface area contributed by atoms with E-state index in [4.69, 9.17) is 4.74 Å². The van der Waals surface area contributed by atoms with Gasteiger partial charge in [0.1, 0.15) is 24.1 Å². The van der Waals surface area contributed by atoms with Crippen LogP contribution in [0.5, 0.6) is 0 Å². The molecular weight excluding hydrogens is 443 g/mol. The van der Waals surface area contributed by atoms with Gasteiger partial charge in [-0.25, -0.2) is 4.98 Å². The smallest absolute Gasteiger partial charge is 0.388 e. The fourth-order valence-electron chi connectivity index (χ4n) is 3.86. The third-order valence-electron chi connectivity index (χ3n) is 5.71. The fourth-order valence-corrected chi connectivity index (χ4v) is 3.86. The first-order chi connectivity index (χ1) is 15.7. The highest BCUT2D eigenvalue weighted by Crippen LogP contribution is 2.28. The number of aliphatic hydroxyl groups excluding tert-OH is 2. The van der Waals surface area contributed by atoms with Crippen molar-refractivity contribution in [3.05, 3.63) is 53.0 Å². The van der Waals surface area contributed by atoms with Crippen LogP contribution in [0.4, 0.5) is 19.0 Å². The van der Waals surface area contributed by atoms with E-state index in [1.54, 1.807) is 6.07 Å². The summed E-state index contributed by atoms with van der Waals surface area (Å²) in [5, 5.41) is 29.4. The van der Waals surface area contributed by atoms with Crippen molar-refractivity contribution in [2.24, 2.45) is 0 Å². The van der Waals surface area contributed by atoms with Gasteiger partial charge in [-0.1, -0.05) is 6.07 Å². The Hall–Kier alpha value is -2.80. The maximum atomic E-state index is 12.8. The van der Waals surface area contributed by atoms with Crippen LogP contribution < -0.4 is 16.0 Å². The standard InChI is InChI=1S/C21H24F3N5O4/c22-21(23,24)16-8-26-9-17(29-16)28-14-10-33-15(19(31)18(14)30)7-27-20(32)12-1-2-13-6-25-4-3-11(13)5-12/h1-2,5,8-9,14-15,18-19,25,30-31H,3-4,6-7,10H2,(H,27,32)(H,28,29)/t14-,15+,18+,19-/m0/s1. The van der Waals surface area contributed by atoms with E-state index in [2.05, 4.69) is 25.9 Å². The van der Waals surface area contributed by atoms with Gasteiger partial charge in [-0.3, -0.25) is 9.78 Å². The van der Waals surface area contributed by atoms with Crippen LogP contribution in [0.3, 0.4) is 0 Å². The Labute approximate surface area is 187 Å². The number of fused-ring (bicyclic) bond motifs is 1. The van der Waals surface area contributed by atoms with Crippen molar-refractivity contribution in [1.82, 2.24) is 20.6 Å². The maximum Gasteiger partial charge on any atom is 0.434 e. The molecule has 178 valence electrons. The summed E-state index contributed by atoms with van der Waals surface area (Å²) in [6.45, 7) is 1.44. The molecule has 4 rings (SSSR count). The highest BCUT2D eigenvalue weighted by atomic mass is 19.4. The molecule has 1 saturated heterocycles. The van der Waals surface area contributed by atoms with Gasteiger partial charge in [-0.15, -0.1) is 0 Å². The van der Waals surface area contributed by atoms with Crippen molar-refractivity contribution in [3.8, 4) is 0 Å². The molecule has 1 aromatic carbocycles. The number of hydrogen-bond donors (Lipinski definition) is 5. The number of benzene rings is 1. The molecule has 0 bridgehead atoms. The van der Waals surface area contributed by atoms with Gasteiger partial charge in [0.05, 0.1) is 25.0 Å². The second-order valence-corrected chi connectivity index (χ2v) is 8.01. The number of alkyl halides is 3. The van der Waals surface area contributed by atoms with Crippen molar-refractivity contribution < 1.29 is 32.9 Å². The number of rotatable bonds is 5. The summed E-state index contributed by atoms with van der Waals surface area (Å²) in [4.78, 5) is 19.5. The number of carbonyl (C=O) groups is 1. The van der Waals surface area contributed by atoms with Crippen LogP contribution in [-0.4, -0.2) is 70.1 Å². The minimum absolute atomic E-state index is 0.0498. The number of amides is 1. The lowest BCUT2D eigenvalue weighted by molar-refractivity contribution is -0.141. The van der Waals surface area contributed by atoms with Crippen LogP contribution in [0.15, 0.2) is 30.6 Å². The highest BCUT2D eigenvalue weighted by Gasteiger charge is 2.39. The number of halogens is 3. The summed E-state index contributed by atoms with van der Waals surface area (Å²) >= 11 is 0. The molecule has 0 saturated carbocycles. The topological polar surface area (TPSA) is 129 Å². The molecular formula is C21H24F3N5O4. The second-order valence-electron chi connectivity index (χ2n) is 8.01. The van der Waals surface area contributed by atoms with E-state index < -0.39 is 36.2 Å². The Morgan fingerprint density at radius 1 is 1.21 bits per heavy atom. The number of aromatic nitrogens is 2. The van der Waals surface area contributed by atoms with Gasteiger partial charge in [-0.05, 0) is 36.2 Å². The van der Waals surface area contributed by atoms with Crippen molar-refractivity contribution in [2.75, 3.05) is 25.0 Å². The first kappa shape index (κ1) is 23.4. The highest BCUT2D eigenvalue weighted by molar-refractivity contribution is 5.94. The van der Waals surface area contributed by atoms with E-state index in [9.17, 15) is 28.2 Å². The van der Waals surface area contributed by atoms with E-state index in [1.165, 1.54) is 0 Å². The molecule has 12 heteroatoms. The normalized spacial score (nSPS) is 25.2. The molecule has 4 atom stereocenters. The monoisotopic (exact) mass is 467 g/mol. The fraction of sp³-hybridized carbons (Fsp3) is 0.476. The van der Waals surface area contributed by atoms with Crippen LogP contribution in [0, 0.1) is 0 Å². The van der Waals surface area contributed by atoms with E-state index in [1.807, 2.05) is 12.1 Å². The van der Waals surface area contributed by atoms with Gasteiger partial charge in [0.15, 0.2) is 5.69 Å². The zero-order chi connectivity index (χ0) is 23.6. The van der Waals surface area contributed by atoms with E-state index in [0.29, 0.717) is 11.8 Å². The number of anilines is 1. The van der Waals surface area contributed by atoms with Gasteiger partial charge in [0.2, 0.25) is 0 Å². The molecule has 1 amide bonds. The zero-order valence-corrected chi connectivity index (χ0v) is 17.5. The molecule has 0 spiro atoms. The van der Waals surface area contributed by atoms with Crippen molar-refractivity contribution in [1.29, 1.82) is 0 Å². The number of carbonyl (C=O) groups excluding carboxylic acids is 1. The van der Waals surface area contributed by atoms with Crippen molar-refractivity contribution in [2.45, 2.75) is 43.5 Å². The molecule has 1 fully saturated rings. The van der Waals surface area contributed by atoms with E-state index >= 15 is 0 Å². The summed E-state index contributed by atoms with van der Waals surface area (Å²) in [5.74, 6) is -0.542. The molecule has 9 nitrogen and oxygen atoms in total. The van der Waals surface area contributed by atoms with Crippen LogP contribution in [-0.2, 0) is 23.9 Å². The first-order valence-electron chi connectivity index (χ1n) is 10.5. The van der Waals surface area contributed by atoms with E-state index in [0.717, 1.165) is 36.8 Å². The van der Waals surface area contributed by atoms with Gasteiger partial charge in [0, 0.05) is 18.7 Å². The van der Waals surface area contributed by atoms with Crippen molar-refractivity contribution >= 4 is 11.7 Å². The van der Waals surface area contributed by atoms with Gasteiger partial charge in [-0.2, -0.15) is 13.2 Å². The van der Waals surface area contributed by atoms with Gasteiger partial charge in [0.25, 0.3) is 5.91 Å². The lowest BCUT2D eigenvalue weighted by atomic mass is 9.97. The SMILES string of the molecule is O=C(NC[C@H]1OC[C@H](Nc2cncc(C(F)(F)F)n2)[C@@H](O)[C@H]1O)c1ccc2c(c1)CCNC2. The lowest BCUT2D eigenvalue weighted by Gasteiger charge is -2.38. The molecule has 0 radical (unpaired) electrons. The Morgan fingerprint density at radius 3 is 2.82 bits per heavy atom. The average molecular weight is 467 g/mol. The minimum Gasteiger partial charge on any atom is -0.388 e. The molecule has 2 aliphatic rings. The summed E-state index contributed by atoms with van der Waals surface area (Å²) in [7, 11) is 0. The quantitative estimate of drug-likeness (QED) is 0.430. The summed E-state index contributed by atoms with van der Waals surface area (Å²) in [6.07, 6.45) is -5.81.